The number of carbonyl (C=O) groups is 2. The van der Waals surface area contributed by atoms with Crippen LogP contribution in [0.25, 0.3) is 10.4 Å². The van der Waals surface area contributed by atoms with Gasteiger partial charge in [-0.15, -0.1) is 11.3 Å². The molecule has 214 valence electrons. The van der Waals surface area contributed by atoms with E-state index < -0.39 is 34.1 Å². The van der Waals surface area contributed by atoms with Crippen molar-refractivity contribution < 1.29 is 37.7 Å². The maximum Gasteiger partial charge on any atom is 0.349 e. The smallest absolute Gasteiger partial charge is 0.349 e. The fraction of sp³-hybridized carbons (Fsp3) is 0.333. The largest absolute Gasteiger partial charge is 0.490 e. The van der Waals surface area contributed by atoms with Gasteiger partial charge >= 0.3 is 11.9 Å². The molecule has 1 aliphatic rings. The summed E-state index contributed by atoms with van der Waals surface area (Å²) in [6, 6.07) is 13.8. The van der Waals surface area contributed by atoms with Crippen molar-refractivity contribution in [1.29, 1.82) is 0 Å². The molecule has 4 rings (SSSR count). The number of carboxylic acid groups (broad SMARTS) is 2. The number of hydrogen-bond acceptors (Lipinski definition) is 8. The standard InChI is InChI=1S/C27H29ClN2O8S2/c1-27(2)13-20(9-10-30(27)40(35,36)15-16-5-3-7-18(29)11-16)38-19-8-4-6-17(12-19)24-22(28)23(37-14-21(31)32)25(39-24)26(33)34/h3-8,11-12,20H,9-10,13-15,29H2,1-2H3,(H,31,32)(H,33,34)/t20-/m1/s1. The number of aromatic carboxylic acids is 1. The third-order valence-electron chi connectivity index (χ3n) is 6.43. The van der Waals surface area contributed by atoms with E-state index >= 15 is 0 Å². The number of rotatable bonds is 10. The Kier molecular flexibility index (Phi) is 8.64. The van der Waals surface area contributed by atoms with Gasteiger partial charge in [-0.05, 0) is 55.7 Å². The van der Waals surface area contributed by atoms with Gasteiger partial charge < -0.3 is 25.4 Å². The molecule has 1 atom stereocenters. The Bertz CT molecular complexity index is 1540. The van der Waals surface area contributed by atoms with Crippen LogP contribution in [0.4, 0.5) is 5.69 Å². The summed E-state index contributed by atoms with van der Waals surface area (Å²) in [6.07, 6.45) is 0.649. The molecule has 1 aliphatic heterocycles. The van der Waals surface area contributed by atoms with Gasteiger partial charge in [0.05, 0.1) is 10.6 Å². The highest BCUT2D eigenvalue weighted by molar-refractivity contribution is 7.88. The molecule has 0 unspecified atom stereocenters. The van der Waals surface area contributed by atoms with Crippen molar-refractivity contribution in [2.75, 3.05) is 18.9 Å². The van der Waals surface area contributed by atoms with Crippen LogP contribution in [0.2, 0.25) is 5.02 Å². The third kappa shape index (κ3) is 6.69. The highest BCUT2D eigenvalue weighted by atomic mass is 35.5. The summed E-state index contributed by atoms with van der Waals surface area (Å²) in [6.45, 7) is 3.29. The molecule has 3 aromatic rings. The molecule has 10 nitrogen and oxygen atoms in total. The Morgan fingerprint density at radius 3 is 2.55 bits per heavy atom. The van der Waals surface area contributed by atoms with Gasteiger partial charge in [-0.3, -0.25) is 0 Å². The van der Waals surface area contributed by atoms with Gasteiger partial charge in [-0.25, -0.2) is 18.0 Å². The fourth-order valence-electron chi connectivity index (χ4n) is 4.80. The molecule has 0 aliphatic carbocycles. The minimum Gasteiger partial charge on any atom is -0.490 e. The zero-order valence-corrected chi connectivity index (χ0v) is 24.2. The van der Waals surface area contributed by atoms with Crippen molar-refractivity contribution in [3.63, 3.8) is 0 Å². The van der Waals surface area contributed by atoms with E-state index in [1.807, 2.05) is 13.8 Å². The van der Waals surface area contributed by atoms with Crippen LogP contribution < -0.4 is 15.2 Å². The third-order valence-corrected chi connectivity index (χ3v) is 10.2. The van der Waals surface area contributed by atoms with Crippen LogP contribution in [0.5, 0.6) is 11.5 Å². The maximum absolute atomic E-state index is 13.3. The van der Waals surface area contributed by atoms with E-state index in [9.17, 15) is 23.1 Å². The number of thiophene rings is 1. The van der Waals surface area contributed by atoms with Crippen LogP contribution in [-0.2, 0) is 20.6 Å². The van der Waals surface area contributed by atoms with Crippen LogP contribution in [0.3, 0.4) is 0 Å². The zero-order chi connectivity index (χ0) is 29.2. The number of ether oxygens (including phenoxy) is 2. The number of sulfonamides is 1. The number of nitrogens with two attached hydrogens (primary N) is 1. The van der Waals surface area contributed by atoms with Crippen LogP contribution in [0, 0.1) is 0 Å². The predicted molar refractivity (Wildman–Crippen MR) is 153 cm³/mol. The number of carboxylic acids is 2. The number of nitrogens with zero attached hydrogens (tertiary/aromatic N) is 1. The minimum absolute atomic E-state index is 0.000575. The summed E-state index contributed by atoms with van der Waals surface area (Å²) in [5.74, 6) is -2.39. The molecule has 2 aromatic carbocycles. The van der Waals surface area contributed by atoms with Crippen molar-refractivity contribution in [2.45, 2.75) is 44.1 Å². The van der Waals surface area contributed by atoms with Gasteiger partial charge in [-0.1, -0.05) is 35.9 Å². The summed E-state index contributed by atoms with van der Waals surface area (Å²) >= 11 is 7.29. The quantitative estimate of drug-likeness (QED) is 0.270. The lowest BCUT2D eigenvalue weighted by Crippen LogP contribution is -2.55. The SMILES string of the molecule is CC1(C)C[C@H](Oc2cccc(-c3sc(C(=O)O)c(OCC(=O)O)c3Cl)c2)CCN1S(=O)(=O)Cc1cccc(N)c1. The number of hydrogen-bond donors (Lipinski definition) is 3. The number of anilines is 1. The van der Waals surface area contributed by atoms with E-state index in [1.54, 1.807) is 48.5 Å². The Morgan fingerprint density at radius 2 is 1.90 bits per heavy atom. The van der Waals surface area contributed by atoms with Gasteiger partial charge in [0, 0.05) is 24.2 Å². The second kappa shape index (κ2) is 11.7. The summed E-state index contributed by atoms with van der Waals surface area (Å²) < 4.78 is 39.5. The molecule has 1 fully saturated rings. The van der Waals surface area contributed by atoms with Gasteiger partial charge in [0.25, 0.3) is 0 Å². The lowest BCUT2D eigenvalue weighted by molar-refractivity contribution is -0.139. The highest BCUT2D eigenvalue weighted by Crippen LogP contribution is 2.46. The molecule has 0 amide bonds. The Morgan fingerprint density at radius 1 is 1.18 bits per heavy atom. The molecule has 1 aromatic heterocycles. The van der Waals surface area contributed by atoms with Gasteiger partial charge in [0.1, 0.15) is 16.9 Å². The predicted octanol–water partition coefficient (Wildman–Crippen LogP) is 4.96. The van der Waals surface area contributed by atoms with Gasteiger partial charge in [0.15, 0.2) is 17.2 Å². The van der Waals surface area contributed by atoms with Crippen LogP contribution in [0.15, 0.2) is 48.5 Å². The first-order chi connectivity index (χ1) is 18.8. The Hall–Kier alpha value is -3.32. The van der Waals surface area contributed by atoms with E-state index in [2.05, 4.69) is 0 Å². The summed E-state index contributed by atoms with van der Waals surface area (Å²) in [5, 5.41) is 18.5. The molecule has 13 heteroatoms. The molecule has 1 saturated heterocycles. The highest BCUT2D eigenvalue weighted by Gasteiger charge is 2.42. The van der Waals surface area contributed by atoms with Crippen molar-refractivity contribution in [2.24, 2.45) is 0 Å². The lowest BCUT2D eigenvalue weighted by atomic mass is 9.91. The first-order valence-corrected chi connectivity index (χ1v) is 15.1. The van der Waals surface area contributed by atoms with Gasteiger partial charge in [0.2, 0.25) is 10.0 Å². The molecular formula is C27H29ClN2O8S2. The topological polar surface area (TPSA) is 156 Å². The summed E-state index contributed by atoms with van der Waals surface area (Å²) in [5.41, 5.74) is 6.82. The zero-order valence-electron chi connectivity index (χ0n) is 21.8. The van der Waals surface area contributed by atoms with Crippen molar-refractivity contribution in [3.8, 4) is 21.9 Å². The van der Waals surface area contributed by atoms with Crippen LogP contribution in [-0.4, -0.2) is 59.7 Å². The number of aliphatic carboxylic acids is 1. The molecule has 40 heavy (non-hydrogen) atoms. The summed E-state index contributed by atoms with van der Waals surface area (Å²) in [4.78, 5) is 22.8. The number of halogens is 1. The van der Waals surface area contributed by atoms with E-state index in [0.29, 0.717) is 40.3 Å². The molecule has 2 heterocycles. The lowest BCUT2D eigenvalue weighted by Gasteiger charge is -2.44. The molecule has 0 radical (unpaired) electrons. The normalized spacial score (nSPS) is 17.3. The fourth-order valence-corrected chi connectivity index (χ4v) is 8.17. The first-order valence-electron chi connectivity index (χ1n) is 12.3. The van der Waals surface area contributed by atoms with E-state index in [1.165, 1.54) is 4.31 Å². The Labute approximate surface area is 240 Å². The van der Waals surface area contributed by atoms with Crippen molar-refractivity contribution in [1.82, 2.24) is 4.31 Å². The first kappa shape index (κ1) is 29.7. The maximum atomic E-state index is 13.3. The van der Waals surface area contributed by atoms with Crippen LogP contribution in [0.1, 0.15) is 41.9 Å². The van der Waals surface area contributed by atoms with Crippen molar-refractivity contribution in [3.05, 3.63) is 64.0 Å². The second-order valence-electron chi connectivity index (χ2n) is 10.0. The molecular weight excluding hydrogens is 580 g/mol. The number of piperidine rings is 1. The Balaban J connectivity index is 1.50. The number of benzene rings is 2. The van der Waals surface area contributed by atoms with Crippen molar-refractivity contribution >= 4 is 50.6 Å². The number of nitrogen functional groups attached to an aromatic ring is 1. The van der Waals surface area contributed by atoms with Crippen LogP contribution >= 0.6 is 22.9 Å². The average Bonchev–Trinajstić information content (AvgIpc) is 3.18. The monoisotopic (exact) mass is 608 g/mol. The molecule has 0 spiro atoms. The average molecular weight is 609 g/mol. The minimum atomic E-state index is -3.61. The second-order valence-corrected chi connectivity index (χ2v) is 13.3. The molecule has 4 N–H and O–H groups in total. The van der Waals surface area contributed by atoms with Gasteiger partial charge in [-0.2, -0.15) is 4.31 Å². The molecule has 0 bridgehead atoms. The molecule has 0 saturated carbocycles. The van der Waals surface area contributed by atoms with E-state index in [0.717, 1.165) is 11.3 Å². The van der Waals surface area contributed by atoms with E-state index in [-0.39, 0.29) is 34.1 Å². The summed E-state index contributed by atoms with van der Waals surface area (Å²) in [7, 11) is -3.61. The van der Waals surface area contributed by atoms with E-state index in [4.69, 9.17) is 31.9 Å².